The summed E-state index contributed by atoms with van der Waals surface area (Å²) in [5.74, 6) is 2.46. The highest BCUT2D eigenvalue weighted by atomic mass is 127. The van der Waals surface area contributed by atoms with Crippen LogP contribution in [0.15, 0.2) is 22.5 Å². The van der Waals surface area contributed by atoms with E-state index >= 15 is 0 Å². The first-order chi connectivity index (χ1) is 12.2. The van der Waals surface area contributed by atoms with Crippen molar-refractivity contribution >= 4 is 41.3 Å². The van der Waals surface area contributed by atoms with Gasteiger partial charge in [0.2, 0.25) is 0 Å². The lowest BCUT2D eigenvalue weighted by Crippen LogP contribution is -2.44. The van der Waals surface area contributed by atoms with Crippen LogP contribution in [0.1, 0.15) is 35.8 Å². The van der Waals surface area contributed by atoms with Crippen molar-refractivity contribution in [3.8, 4) is 6.07 Å². The molecule has 0 aromatic carbocycles. The highest BCUT2D eigenvalue weighted by Gasteiger charge is 2.27. The van der Waals surface area contributed by atoms with E-state index in [1.54, 1.807) is 11.3 Å². The van der Waals surface area contributed by atoms with Gasteiger partial charge in [0.1, 0.15) is 12.4 Å². The fourth-order valence-corrected chi connectivity index (χ4v) is 3.58. The predicted octanol–water partition coefficient (Wildman–Crippen LogP) is 2.73. The average Bonchev–Trinajstić information content (AvgIpc) is 3.34. The van der Waals surface area contributed by atoms with Crippen LogP contribution in [-0.2, 0) is 20.1 Å². The molecule has 2 N–H and O–H groups in total. The van der Waals surface area contributed by atoms with Crippen molar-refractivity contribution in [1.29, 1.82) is 5.26 Å². The van der Waals surface area contributed by atoms with Crippen LogP contribution in [0, 0.1) is 24.2 Å². The van der Waals surface area contributed by atoms with Gasteiger partial charge in [-0.2, -0.15) is 5.26 Å². The molecule has 0 radical (unpaired) electrons. The molecular weight excluding hydrogens is 461 g/mol. The molecule has 0 amide bonds. The van der Waals surface area contributed by atoms with Crippen LogP contribution in [0.2, 0.25) is 0 Å². The number of aromatic nitrogens is 3. The Bertz CT molecular complexity index is 763. The standard InChI is InChI=1S/C17H23N7S.HI/c1-12-22-23-16(24(12)2)11-20-17(19-10-14-6-4-8-25-14)21-15-7-3-5-13(15)9-18;/h4,6,8,13,15H,3,5,7,10-11H2,1-2H3,(H2,19,20,21);1H. The Kier molecular flexibility index (Phi) is 7.84. The van der Waals surface area contributed by atoms with E-state index < -0.39 is 0 Å². The third-order valence-electron chi connectivity index (χ3n) is 4.58. The number of rotatable bonds is 5. The number of nitrogens with zero attached hydrogens (tertiary/aromatic N) is 5. The smallest absolute Gasteiger partial charge is 0.192 e. The molecule has 1 saturated carbocycles. The molecule has 0 bridgehead atoms. The topological polar surface area (TPSA) is 90.9 Å². The molecule has 2 aromatic rings. The Labute approximate surface area is 174 Å². The van der Waals surface area contributed by atoms with Crippen molar-refractivity contribution in [3.63, 3.8) is 0 Å². The molecule has 3 rings (SSSR count). The Balaban J connectivity index is 0.00000243. The van der Waals surface area contributed by atoms with Crippen LogP contribution < -0.4 is 10.6 Å². The minimum absolute atomic E-state index is 0. The van der Waals surface area contributed by atoms with Gasteiger partial charge in [0.15, 0.2) is 11.8 Å². The molecule has 2 heterocycles. The van der Waals surface area contributed by atoms with Crippen molar-refractivity contribution in [2.45, 2.75) is 45.3 Å². The number of hydrogen-bond donors (Lipinski definition) is 2. The van der Waals surface area contributed by atoms with Gasteiger partial charge in [0.25, 0.3) is 0 Å². The number of halogens is 1. The summed E-state index contributed by atoms with van der Waals surface area (Å²) < 4.78 is 1.94. The first-order valence-corrected chi connectivity index (χ1v) is 9.37. The lowest BCUT2D eigenvalue weighted by Gasteiger charge is -2.19. The number of hydrogen-bond acceptors (Lipinski definition) is 5. The third-order valence-corrected chi connectivity index (χ3v) is 5.45. The number of guanidine groups is 1. The summed E-state index contributed by atoms with van der Waals surface area (Å²) in [6.45, 7) is 3.08. The molecule has 1 aliphatic rings. The molecule has 0 spiro atoms. The van der Waals surface area contributed by atoms with Gasteiger partial charge < -0.3 is 15.2 Å². The van der Waals surface area contributed by atoms with Gasteiger partial charge in [0.05, 0.1) is 18.5 Å². The van der Waals surface area contributed by atoms with E-state index in [9.17, 15) is 5.26 Å². The molecule has 9 heteroatoms. The first kappa shape index (κ1) is 20.6. The first-order valence-electron chi connectivity index (χ1n) is 8.49. The maximum absolute atomic E-state index is 9.31. The van der Waals surface area contributed by atoms with Gasteiger partial charge in [0, 0.05) is 18.0 Å². The van der Waals surface area contributed by atoms with Crippen LogP contribution >= 0.6 is 35.3 Å². The Morgan fingerprint density at radius 2 is 2.31 bits per heavy atom. The average molecular weight is 485 g/mol. The summed E-state index contributed by atoms with van der Waals surface area (Å²) in [5, 5.41) is 26.4. The minimum atomic E-state index is 0. The maximum atomic E-state index is 9.31. The number of nitriles is 1. The van der Waals surface area contributed by atoms with E-state index in [4.69, 9.17) is 0 Å². The number of thiophene rings is 1. The van der Waals surface area contributed by atoms with E-state index in [2.05, 4.69) is 43.3 Å². The van der Waals surface area contributed by atoms with Crippen molar-refractivity contribution < 1.29 is 0 Å². The number of aryl methyl sites for hydroxylation is 1. The Hall–Kier alpha value is -1.67. The summed E-state index contributed by atoms with van der Waals surface area (Å²) in [7, 11) is 1.94. The van der Waals surface area contributed by atoms with Gasteiger partial charge in [-0.3, -0.25) is 0 Å². The molecule has 2 atom stereocenters. The van der Waals surface area contributed by atoms with E-state index in [1.165, 1.54) is 4.88 Å². The predicted molar refractivity (Wildman–Crippen MR) is 113 cm³/mol. The highest BCUT2D eigenvalue weighted by molar-refractivity contribution is 14.0. The summed E-state index contributed by atoms with van der Waals surface area (Å²) in [6, 6.07) is 6.69. The fraction of sp³-hybridized carbons (Fsp3) is 0.529. The van der Waals surface area contributed by atoms with Crippen LogP contribution in [0.3, 0.4) is 0 Å². The second kappa shape index (κ2) is 9.87. The van der Waals surface area contributed by atoms with Crippen LogP contribution in [-0.4, -0.2) is 26.8 Å². The lowest BCUT2D eigenvalue weighted by atomic mass is 10.1. The van der Waals surface area contributed by atoms with E-state index in [1.807, 2.05) is 24.6 Å². The molecule has 26 heavy (non-hydrogen) atoms. The zero-order chi connectivity index (χ0) is 17.6. The zero-order valence-electron chi connectivity index (χ0n) is 15.0. The number of aliphatic imine (C=N–C) groups is 1. The van der Waals surface area contributed by atoms with E-state index in [0.717, 1.165) is 36.9 Å². The molecule has 7 nitrogen and oxygen atoms in total. The molecule has 1 aliphatic carbocycles. The fourth-order valence-electron chi connectivity index (χ4n) is 2.94. The van der Waals surface area contributed by atoms with Crippen molar-refractivity contribution in [1.82, 2.24) is 25.4 Å². The van der Waals surface area contributed by atoms with Gasteiger partial charge in [-0.1, -0.05) is 6.07 Å². The lowest BCUT2D eigenvalue weighted by molar-refractivity contribution is 0.531. The van der Waals surface area contributed by atoms with Crippen molar-refractivity contribution in [2.24, 2.45) is 18.0 Å². The molecule has 0 saturated heterocycles. The molecule has 2 aromatic heterocycles. The summed E-state index contributed by atoms with van der Waals surface area (Å²) in [4.78, 5) is 5.91. The quantitative estimate of drug-likeness (QED) is 0.386. The Morgan fingerprint density at radius 1 is 1.46 bits per heavy atom. The largest absolute Gasteiger partial charge is 0.352 e. The third kappa shape index (κ3) is 5.17. The normalized spacial score (nSPS) is 19.7. The van der Waals surface area contributed by atoms with Gasteiger partial charge >= 0.3 is 0 Å². The van der Waals surface area contributed by atoms with Gasteiger partial charge in [-0.05, 0) is 37.6 Å². The van der Waals surface area contributed by atoms with Crippen LogP contribution in [0.5, 0.6) is 0 Å². The van der Waals surface area contributed by atoms with Crippen molar-refractivity contribution in [3.05, 3.63) is 34.0 Å². The van der Waals surface area contributed by atoms with Crippen LogP contribution in [0.25, 0.3) is 0 Å². The summed E-state index contributed by atoms with van der Waals surface area (Å²) in [5.41, 5.74) is 0. The van der Waals surface area contributed by atoms with E-state index in [-0.39, 0.29) is 35.9 Å². The summed E-state index contributed by atoms with van der Waals surface area (Å²) >= 11 is 1.71. The molecule has 140 valence electrons. The second-order valence-electron chi connectivity index (χ2n) is 6.24. The molecular formula is C17H24IN7S. The SMILES string of the molecule is Cc1nnc(CN=C(NCc2cccs2)NC2CCCC2C#N)n1C.I. The zero-order valence-corrected chi connectivity index (χ0v) is 18.1. The molecule has 2 unspecified atom stereocenters. The van der Waals surface area contributed by atoms with Gasteiger partial charge in [-0.15, -0.1) is 45.5 Å². The van der Waals surface area contributed by atoms with Crippen LogP contribution in [0.4, 0.5) is 0 Å². The maximum Gasteiger partial charge on any atom is 0.192 e. The van der Waals surface area contributed by atoms with E-state index in [0.29, 0.717) is 13.1 Å². The monoisotopic (exact) mass is 485 g/mol. The molecule has 0 aliphatic heterocycles. The number of nitrogens with one attached hydrogen (secondary N) is 2. The molecule has 1 fully saturated rings. The summed E-state index contributed by atoms with van der Waals surface area (Å²) in [6.07, 6.45) is 3.03. The highest BCUT2D eigenvalue weighted by Crippen LogP contribution is 2.24. The second-order valence-corrected chi connectivity index (χ2v) is 7.27. The Morgan fingerprint density at radius 3 is 2.96 bits per heavy atom. The van der Waals surface area contributed by atoms with Gasteiger partial charge in [-0.25, -0.2) is 4.99 Å². The van der Waals surface area contributed by atoms with Crippen molar-refractivity contribution in [2.75, 3.05) is 0 Å². The minimum Gasteiger partial charge on any atom is -0.352 e.